The van der Waals surface area contributed by atoms with Crippen LogP contribution in [0.25, 0.3) is 0 Å². The summed E-state index contributed by atoms with van der Waals surface area (Å²) in [6.07, 6.45) is 4.70. The Kier molecular flexibility index (Phi) is 7.73. The Balaban J connectivity index is 1.64. The average molecular weight is 444 g/mol. The Morgan fingerprint density at radius 3 is 2.35 bits per heavy atom. The third-order valence-electron chi connectivity index (χ3n) is 5.88. The third-order valence-corrected chi connectivity index (χ3v) is 7.41. The molecule has 0 saturated carbocycles. The zero-order valence-electron chi connectivity index (χ0n) is 18.7. The van der Waals surface area contributed by atoms with E-state index in [4.69, 9.17) is 0 Å². The molecular weight excluding hydrogens is 410 g/mol. The van der Waals surface area contributed by atoms with Crippen molar-refractivity contribution in [3.05, 3.63) is 58.7 Å². The van der Waals surface area contributed by atoms with E-state index in [1.165, 1.54) is 25.3 Å². The highest BCUT2D eigenvalue weighted by Crippen LogP contribution is 2.22. The molecule has 2 aromatic carbocycles. The fourth-order valence-corrected chi connectivity index (χ4v) is 5.16. The van der Waals surface area contributed by atoms with E-state index in [1.807, 2.05) is 19.9 Å². The number of likely N-dealkylation sites (tertiary alicyclic amines) is 1. The third kappa shape index (κ3) is 6.31. The fraction of sp³-hybridized carbons (Fsp3) is 0.458. The first-order valence-corrected chi connectivity index (χ1v) is 12.5. The van der Waals surface area contributed by atoms with Crippen LogP contribution in [-0.4, -0.2) is 45.4 Å². The Morgan fingerprint density at radius 2 is 1.65 bits per heavy atom. The SMILES string of the molecule is Cc1ccc(NS(=O)(=O)c2cc(C(=O)NCCCN3CCCCC3)ccc2C)cc1C. The number of carbonyl (C=O) groups excluding carboxylic acids is 1. The van der Waals surface area contributed by atoms with Gasteiger partial charge in [-0.2, -0.15) is 0 Å². The molecule has 7 heteroatoms. The molecule has 6 nitrogen and oxygen atoms in total. The summed E-state index contributed by atoms with van der Waals surface area (Å²) >= 11 is 0. The number of nitrogens with one attached hydrogen (secondary N) is 2. The molecule has 1 aliphatic rings. The van der Waals surface area contributed by atoms with Crippen molar-refractivity contribution >= 4 is 21.6 Å². The fourth-order valence-electron chi connectivity index (χ4n) is 3.84. The molecule has 2 aromatic rings. The second kappa shape index (κ2) is 10.3. The van der Waals surface area contributed by atoms with Gasteiger partial charge in [-0.15, -0.1) is 0 Å². The lowest BCUT2D eigenvalue weighted by Gasteiger charge is -2.26. The number of sulfonamides is 1. The second-order valence-electron chi connectivity index (χ2n) is 8.40. The smallest absolute Gasteiger partial charge is 0.262 e. The summed E-state index contributed by atoms with van der Waals surface area (Å²) in [4.78, 5) is 15.1. The number of piperidine rings is 1. The first kappa shape index (κ1) is 23.3. The van der Waals surface area contributed by atoms with Gasteiger partial charge >= 0.3 is 0 Å². The van der Waals surface area contributed by atoms with E-state index in [9.17, 15) is 13.2 Å². The van der Waals surface area contributed by atoms with Crippen molar-refractivity contribution in [2.75, 3.05) is 30.9 Å². The minimum atomic E-state index is -3.81. The molecule has 0 bridgehead atoms. The van der Waals surface area contributed by atoms with E-state index in [0.29, 0.717) is 23.4 Å². The first-order valence-electron chi connectivity index (χ1n) is 11.0. The van der Waals surface area contributed by atoms with Gasteiger partial charge < -0.3 is 10.2 Å². The van der Waals surface area contributed by atoms with Crippen LogP contribution in [0.4, 0.5) is 5.69 Å². The van der Waals surface area contributed by atoms with Gasteiger partial charge in [0.2, 0.25) is 0 Å². The monoisotopic (exact) mass is 443 g/mol. The van der Waals surface area contributed by atoms with E-state index in [-0.39, 0.29) is 10.8 Å². The minimum Gasteiger partial charge on any atom is -0.352 e. The van der Waals surface area contributed by atoms with Gasteiger partial charge in [-0.05, 0) is 101 Å². The molecule has 2 N–H and O–H groups in total. The molecule has 1 heterocycles. The Labute approximate surface area is 186 Å². The molecule has 31 heavy (non-hydrogen) atoms. The van der Waals surface area contributed by atoms with Crippen molar-refractivity contribution in [3.8, 4) is 0 Å². The van der Waals surface area contributed by atoms with E-state index >= 15 is 0 Å². The molecule has 0 radical (unpaired) electrons. The number of hydrogen-bond donors (Lipinski definition) is 2. The molecule has 0 spiro atoms. The van der Waals surface area contributed by atoms with Crippen LogP contribution in [0.15, 0.2) is 41.3 Å². The van der Waals surface area contributed by atoms with Gasteiger partial charge in [-0.25, -0.2) is 8.42 Å². The number of anilines is 1. The summed E-state index contributed by atoms with van der Waals surface area (Å²) in [6, 6.07) is 10.2. The largest absolute Gasteiger partial charge is 0.352 e. The molecule has 0 aliphatic carbocycles. The molecule has 0 aromatic heterocycles. The van der Waals surface area contributed by atoms with Crippen molar-refractivity contribution in [2.24, 2.45) is 0 Å². The molecule has 1 aliphatic heterocycles. The topological polar surface area (TPSA) is 78.5 Å². The lowest BCUT2D eigenvalue weighted by Crippen LogP contribution is -2.33. The van der Waals surface area contributed by atoms with Crippen LogP contribution in [0.1, 0.15) is 52.7 Å². The Hall–Kier alpha value is -2.38. The maximum atomic E-state index is 13.0. The normalized spacial score (nSPS) is 14.9. The summed E-state index contributed by atoms with van der Waals surface area (Å²) in [5.41, 5.74) is 3.56. The van der Waals surface area contributed by atoms with Gasteiger partial charge in [0.1, 0.15) is 0 Å². The number of aryl methyl sites for hydroxylation is 3. The number of hydrogen-bond acceptors (Lipinski definition) is 4. The van der Waals surface area contributed by atoms with E-state index in [0.717, 1.165) is 37.2 Å². The molecule has 0 unspecified atom stereocenters. The molecule has 0 atom stereocenters. The van der Waals surface area contributed by atoms with Crippen molar-refractivity contribution in [3.63, 3.8) is 0 Å². The highest BCUT2D eigenvalue weighted by atomic mass is 32.2. The predicted molar refractivity (Wildman–Crippen MR) is 125 cm³/mol. The summed E-state index contributed by atoms with van der Waals surface area (Å²) in [7, 11) is -3.81. The highest BCUT2D eigenvalue weighted by molar-refractivity contribution is 7.92. The molecular formula is C24H33N3O3S. The Morgan fingerprint density at radius 1 is 0.935 bits per heavy atom. The number of nitrogens with zero attached hydrogens (tertiary/aromatic N) is 1. The maximum absolute atomic E-state index is 13.0. The summed E-state index contributed by atoms with van der Waals surface area (Å²) < 4.78 is 28.6. The zero-order chi connectivity index (χ0) is 22.4. The number of benzene rings is 2. The van der Waals surface area contributed by atoms with Crippen molar-refractivity contribution < 1.29 is 13.2 Å². The van der Waals surface area contributed by atoms with Gasteiger partial charge in [-0.3, -0.25) is 9.52 Å². The molecule has 168 valence electrons. The van der Waals surface area contributed by atoms with Crippen molar-refractivity contribution in [2.45, 2.75) is 51.3 Å². The molecule has 1 saturated heterocycles. The maximum Gasteiger partial charge on any atom is 0.262 e. The average Bonchev–Trinajstić information content (AvgIpc) is 2.74. The van der Waals surface area contributed by atoms with E-state index in [1.54, 1.807) is 31.2 Å². The van der Waals surface area contributed by atoms with Gasteiger partial charge in [-0.1, -0.05) is 18.6 Å². The van der Waals surface area contributed by atoms with Crippen LogP contribution in [0, 0.1) is 20.8 Å². The van der Waals surface area contributed by atoms with E-state index in [2.05, 4.69) is 14.9 Å². The number of amides is 1. The van der Waals surface area contributed by atoms with Gasteiger partial charge in [0.05, 0.1) is 4.90 Å². The van der Waals surface area contributed by atoms with Crippen molar-refractivity contribution in [1.82, 2.24) is 10.2 Å². The Bertz CT molecular complexity index is 1030. The van der Waals surface area contributed by atoms with Crippen molar-refractivity contribution in [1.29, 1.82) is 0 Å². The number of rotatable bonds is 8. The van der Waals surface area contributed by atoms with Crippen LogP contribution in [0.2, 0.25) is 0 Å². The molecule has 1 fully saturated rings. The van der Waals surface area contributed by atoms with Gasteiger partial charge in [0.25, 0.3) is 15.9 Å². The summed E-state index contributed by atoms with van der Waals surface area (Å²) in [5.74, 6) is -0.249. The van der Waals surface area contributed by atoms with E-state index < -0.39 is 10.0 Å². The highest BCUT2D eigenvalue weighted by Gasteiger charge is 2.20. The lowest BCUT2D eigenvalue weighted by atomic mass is 10.1. The standard InChI is InChI=1S/C24H33N3O3S/c1-18-9-11-22(16-20(18)3)26-31(29,30)23-17-21(10-8-19(23)2)24(28)25-12-7-15-27-13-5-4-6-14-27/h8-11,16-17,26H,4-7,12-15H2,1-3H3,(H,25,28). The predicted octanol–water partition coefficient (Wildman–Crippen LogP) is 4.02. The summed E-state index contributed by atoms with van der Waals surface area (Å²) in [6.45, 7) is 9.48. The lowest BCUT2D eigenvalue weighted by molar-refractivity contribution is 0.0951. The van der Waals surface area contributed by atoms with Crippen LogP contribution in [-0.2, 0) is 10.0 Å². The number of carbonyl (C=O) groups is 1. The molecule has 3 rings (SSSR count). The van der Waals surface area contributed by atoms with Gasteiger partial charge in [0, 0.05) is 17.8 Å². The molecule has 1 amide bonds. The summed E-state index contributed by atoms with van der Waals surface area (Å²) in [5, 5.41) is 2.92. The second-order valence-corrected chi connectivity index (χ2v) is 10.0. The quantitative estimate of drug-likeness (QED) is 0.604. The minimum absolute atomic E-state index is 0.117. The van der Waals surface area contributed by atoms with Crippen LogP contribution < -0.4 is 10.0 Å². The van der Waals surface area contributed by atoms with Crippen LogP contribution in [0.5, 0.6) is 0 Å². The zero-order valence-corrected chi connectivity index (χ0v) is 19.5. The first-order chi connectivity index (χ1) is 14.8. The van der Waals surface area contributed by atoms with Gasteiger partial charge in [0.15, 0.2) is 0 Å². The van der Waals surface area contributed by atoms with Crippen LogP contribution in [0.3, 0.4) is 0 Å². The van der Waals surface area contributed by atoms with Crippen LogP contribution >= 0.6 is 0 Å².